The molecule has 12 heteroatoms. The maximum Gasteiger partial charge on any atom is 0.264 e. The van der Waals surface area contributed by atoms with Gasteiger partial charge in [-0.1, -0.05) is 29.3 Å². The maximum absolute atomic E-state index is 11.2. The van der Waals surface area contributed by atoms with Crippen molar-refractivity contribution in [1.29, 1.82) is 0 Å². The van der Waals surface area contributed by atoms with Crippen LogP contribution in [-0.4, -0.2) is 61.0 Å². The number of ether oxygens (including phenoxy) is 2. The minimum absolute atomic E-state index is 0.128. The molecular weight excluding hydrogens is 421 g/mol. The van der Waals surface area contributed by atoms with Crippen LogP contribution >= 0.6 is 23.2 Å². The first kappa shape index (κ1) is 22.0. The fourth-order valence-corrected chi connectivity index (χ4v) is 3.43. The summed E-state index contributed by atoms with van der Waals surface area (Å²) < 4.78 is 40.6. The molecule has 9 nitrogen and oxygen atoms in total. The normalized spacial score (nSPS) is 22.3. The summed E-state index contributed by atoms with van der Waals surface area (Å²) in [6.45, 7) is 0.135. The van der Waals surface area contributed by atoms with Gasteiger partial charge in [-0.25, -0.2) is 9.67 Å². The molecule has 2 atom stereocenters. The number of hydrogen-bond donors (Lipinski definition) is 1. The van der Waals surface area contributed by atoms with Crippen molar-refractivity contribution in [3.63, 3.8) is 0 Å². The molecule has 1 N–H and O–H groups in total. The van der Waals surface area contributed by atoms with E-state index in [1.807, 2.05) is 0 Å². The largest absolute Gasteiger partial charge is 0.400 e. The molecule has 27 heavy (non-hydrogen) atoms. The molecule has 0 saturated carbocycles. The number of benzene rings is 1. The van der Waals surface area contributed by atoms with E-state index in [1.54, 1.807) is 18.2 Å². The van der Waals surface area contributed by atoms with Gasteiger partial charge >= 0.3 is 0 Å². The highest BCUT2D eigenvalue weighted by atomic mass is 35.5. The summed E-state index contributed by atoms with van der Waals surface area (Å²) in [5.41, 5.74) is 0.552. The highest BCUT2D eigenvalue weighted by Gasteiger charge is 2.45. The SMILES string of the molecule is CO.CS(=O)(=O)OCC1COC(Cn2cncn2)(c2ccc(Cl)cc2Cl)O1. The molecule has 1 aliphatic heterocycles. The number of nitrogens with zero attached hydrogens (tertiary/aromatic N) is 3. The fraction of sp³-hybridized carbons (Fsp3) is 0.467. The topological polar surface area (TPSA) is 113 Å². The van der Waals surface area contributed by atoms with Crippen molar-refractivity contribution in [2.75, 3.05) is 26.6 Å². The van der Waals surface area contributed by atoms with Crippen molar-refractivity contribution in [3.8, 4) is 0 Å². The number of aliphatic hydroxyl groups is 1. The van der Waals surface area contributed by atoms with E-state index in [0.29, 0.717) is 15.6 Å². The van der Waals surface area contributed by atoms with E-state index in [2.05, 4.69) is 10.1 Å². The predicted octanol–water partition coefficient (Wildman–Crippen LogP) is 1.44. The summed E-state index contributed by atoms with van der Waals surface area (Å²) in [5, 5.41) is 11.9. The molecular formula is C15H19Cl2N3O6S. The fourth-order valence-electron chi connectivity index (χ4n) is 2.48. The quantitative estimate of drug-likeness (QED) is 0.672. The molecule has 2 heterocycles. The summed E-state index contributed by atoms with van der Waals surface area (Å²) in [6.07, 6.45) is 3.28. The molecule has 1 aromatic carbocycles. The third-order valence-corrected chi connectivity index (χ3v) is 4.62. The Morgan fingerprint density at radius 2 is 2.15 bits per heavy atom. The first-order chi connectivity index (χ1) is 12.8. The molecule has 1 aliphatic rings. The Hall–Kier alpha value is -1.27. The van der Waals surface area contributed by atoms with Gasteiger partial charge in [-0.05, 0) is 12.1 Å². The van der Waals surface area contributed by atoms with Gasteiger partial charge < -0.3 is 14.6 Å². The van der Waals surface area contributed by atoms with Crippen LogP contribution in [0.3, 0.4) is 0 Å². The second kappa shape index (κ2) is 9.28. The molecule has 0 spiro atoms. The molecule has 3 rings (SSSR count). The van der Waals surface area contributed by atoms with E-state index in [0.717, 1.165) is 13.4 Å². The van der Waals surface area contributed by atoms with Gasteiger partial charge in [-0.3, -0.25) is 4.18 Å². The molecule has 2 aromatic rings. The predicted molar refractivity (Wildman–Crippen MR) is 97.9 cm³/mol. The molecule has 0 aliphatic carbocycles. The monoisotopic (exact) mass is 439 g/mol. The van der Waals surface area contributed by atoms with Crippen molar-refractivity contribution in [2.24, 2.45) is 0 Å². The first-order valence-electron chi connectivity index (χ1n) is 7.66. The lowest BCUT2D eigenvalue weighted by molar-refractivity contribution is -0.190. The van der Waals surface area contributed by atoms with Gasteiger partial charge in [0, 0.05) is 17.7 Å². The average molecular weight is 440 g/mol. The zero-order chi connectivity index (χ0) is 20.1. The Labute approximate surface area is 166 Å². The summed E-state index contributed by atoms with van der Waals surface area (Å²) >= 11 is 12.3. The van der Waals surface area contributed by atoms with Crippen LogP contribution < -0.4 is 0 Å². The Bertz CT molecular complexity index is 849. The molecule has 0 amide bonds. The van der Waals surface area contributed by atoms with Crippen LogP contribution in [0.15, 0.2) is 30.9 Å². The van der Waals surface area contributed by atoms with Crippen LogP contribution in [0.4, 0.5) is 0 Å². The van der Waals surface area contributed by atoms with Gasteiger partial charge in [0.15, 0.2) is 0 Å². The van der Waals surface area contributed by atoms with Gasteiger partial charge in [0.25, 0.3) is 10.1 Å². The van der Waals surface area contributed by atoms with Crippen LogP contribution in [0.2, 0.25) is 10.0 Å². The molecule has 1 fully saturated rings. The third-order valence-electron chi connectivity index (χ3n) is 3.51. The van der Waals surface area contributed by atoms with Crippen molar-refractivity contribution < 1.29 is 27.2 Å². The molecule has 0 bridgehead atoms. The lowest BCUT2D eigenvalue weighted by Crippen LogP contribution is -2.35. The minimum atomic E-state index is -3.58. The number of hydrogen-bond acceptors (Lipinski definition) is 8. The van der Waals surface area contributed by atoms with Crippen LogP contribution in [0.25, 0.3) is 0 Å². The Morgan fingerprint density at radius 3 is 2.74 bits per heavy atom. The second-order valence-electron chi connectivity index (χ2n) is 5.51. The number of halogens is 2. The lowest BCUT2D eigenvalue weighted by atomic mass is 10.1. The summed E-state index contributed by atoms with van der Waals surface area (Å²) in [7, 11) is -2.58. The summed E-state index contributed by atoms with van der Waals surface area (Å²) in [6, 6.07) is 4.94. The molecule has 1 aromatic heterocycles. The number of aromatic nitrogens is 3. The Morgan fingerprint density at radius 1 is 1.41 bits per heavy atom. The first-order valence-corrected chi connectivity index (χ1v) is 10.2. The zero-order valence-electron chi connectivity index (χ0n) is 14.6. The molecule has 1 saturated heterocycles. The molecule has 0 radical (unpaired) electrons. The van der Waals surface area contributed by atoms with E-state index in [9.17, 15) is 8.42 Å². The Balaban J connectivity index is 0.00000126. The second-order valence-corrected chi connectivity index (χ2v) is 8.00. The Kier molecular flexibility index (Phi) is 7.57. The van der Waals surface area contributed by atoms with E-state index >= 15 is 0 Å². The third kappa shape index (κ3) is 5.85. The lowest BCUT2D eigenvalue weighted by Gasteiger charge is -2.29. The van der Waals surface area contributed by atoms with Gasteiger partial charge in [0.2, 0.25) is 5.79 Å². The molecule has 2 unspecified atom stereocenters. The van der Waals surface area contributed by atoms with Crippen LogP contribution in [-0.2, 0) is 36.1 Å². The van der Waals surface area contributed by atoms with E-state index in [1.165, 1.54) is 17.3 Å². The highest BCUT2D eigenvalue weighted by molar-refractivity contribution is 7.85. The van der Waals surface area contributed by atoms with E-state index in [4.69, 9.17) is 42.0 Å². The smallest absolute Gasteiger partial charge is 0.264 e. The van der Waals surface area contributed by atoms with Crippen molar-refractivity contribution in [1.82, 2.24) is 14.8 Å². The van der Waals surface area contributed by atoms with E-state index in [-0.39, 0.29) is 19.8 Å². The van der Waals surface area contributed by atoms with Crippen LogP contribution in [0, 0.1) is 0 Å². The minimum Gasteiger partial charge on any atom is -0.400 e. The van der Waals surface area contributed by atoms with Crippen molar-refractivity contribution in [3.05, 3.63) is 46.5 Å². The van der Waals surface area contributed by atoms with Gasteiger partial charge in [-0.15, -0.1) is 0 Å². The number of rotatable bonds is 6. The number of aliphatic hydroxyl groups excluding tert-OH is 1. The van der Waals surface area contributed by atoms with Crippen molar-refractivity contribution >= 4 is 33.3 Å². The van der Waals surface area contributed by atoms with Crippen LogP contribution in [0.5, 0.6) is 0 Å². The molecule has 150 valence electrons. The average Bonchev–Trinajstić information content (AvgIpc) is 3.25. The highest BCUT2D eigenvalue weighted by Crippen LogP contribution is 2.40. The van der Waals surface area contributed by atoms with Gasteiger partial charge in [-0.2, -0.15) is 13.5 Å². The van der Waals surface area contributed by atoms with Gasteiger partial charge in [0.1, 0.15) is 25.3 Å². The summed E-state index contributed by atoms with van der Waals surface area (Å²) in [4.78, 5) is 3.90. The zero-order valence-corrected chi connectivity index (χ0v) is 16.9. The maximum atomic E-state index is 11.2. The van der Waals surface area contributed by atoms with Gasteiger partial charge in [0.05, 0.1) is 24.5 Å². The van der Waals surface area contributed by atoms with E-state index < -0.39 is 22.0 Å². The van der Waals surface area contributed by atoms with Crippen molar-refractivity contribution in [2.45, 2.75) is 18.4 Å². The standard InChI is InChI=1S/C14H15Cl2N3O5S.CH4O/c1-25(20,21)23-6-11-5-22-14(24-11,7-19-9-17-8-18-19)12-3-2-10(15)4-13(12)16;1-2/h2-4,8-9,11H,5-7H2,1H3;2H,1H3. The summed E-state index contributed by atoms with van der Waals surface area (Å²) in [5.74, 6) is -1.26. The van der Waals surface area contributed by atoms with Crippen LogP contribution in [0.1, 0.15) is 5.56 Å².